The van der Waals surface area contributed by atoms with E-state index < -0.39 is 5.41 Å². The molecule has 1 aromatic carbocycles. The van der Waals surface area contributed by atoms with Crippen LogP contribution in [0.4, 0.5) is 5.82 Å². The number of aryl methyl sites for hydroxylation is 2. The van der Waals surface area contributed by atoms with Gasteiger partial charge in [0.15, 0.2) is 0 Å². The SMILES string of the molecule is COc1cccc(C2(C(=O)Nc3ccc(C)c(-c4c[nH]c(=O)c(C)c4)n3)CC2)c1.[HH].[HH]. The summed E-state index contributed by atoms with van der Waals surface area (Å²) in [6, 6.07) is 13.2. The number of rotatable bonds is 5. The summed E-state index contributed by atoms with van der Waals surface area (Å²) < 4.78 is 5.30. The molecule has 1 fully saturated rings. The van der Waals surface area contributed by atoms with E-state index in [9.17, 15) is 9.59 Å². The Bertz CT molecular complexity index is 1160. The Labute approximate surface area is 171 Å². The molecule has 0 aliphatic heterocycles. The van der Waals surface area contributed by atoms with Crippen molar-refractivity contribution in [2.24, 2.45) is 0 Å². The topological polar surface area (TPSA) is 84.1 Å². The fraction of sp³-hybridized carbons (Fsp3) is 0.261. The van der Waals surface area contributed by atoms with Crippen LogP contribution in [0.2, 0.25) is 0 Å². The number of carbonyl (C=O) groups excluding carboxylic acids is 1. The predicted octanol–water partition coefficient (Wildman–Crippen LogP) is 4.22. The summed E-state index contributed by atoms with van der Waals surface area (Å²) in [5.74, 6) is 1.17. The number of methoxy groups -OCH3 is 1. The molecule has 2 heterocycles. The van der Waals surface area contributed by atoms with Crippen LogP contribution in [0.3, 0.4) is 0 Å². The minimum Gasteiger partial charge on any atom is -0.497 e. The molecule has 0 spiro atoms. The third-order valence-corrected chi connectivity index (χ3v) is 5.51. The highest BCUT2D eigenvalue weighted by atomic mass is 16.5. The van der Waals surface area contributed by atoms with Gasteiger partial charge < -0.3 is 15.0 Å². The Kier molecular flexibility index (Phi) is 4.70. The number of H-pyrrole nitrogens is 1. The number of hydrogen-bond acceptors (Lipinski definition) is 4. The lowest BCUT2D eigenvalue weighted by atomic mass is 9.94. The summed E-state index contributed by atoms with van der Waals surface area (Å²) in [5, 5.41) is 2.98. The van der Waals surface area contributed by atoms with Gasteiger partial charge in [0.25, 0.3) is 5.56 Å². The van der Waals surface area contributed by atoms with Crippen molar-refractivity contribution in [2.45, 2.75) is 32.1 Å². The van der Waals surface area contributed by atoms with Crippen molar-refractivity contribution in [1.82, 2.24) is 9.97 Å². The van der Waals surface area contributed by atoms with E-state index in [-0.39, 0.29) is 14.3 Å². The van der Waals surface area contributed by atoms with Crippen LogP contribution in [-0.4, -0.2) is 23.0 Å². The number of aromatic nitrogens is 2. The molecule has 4 rings (SSSR count). The average Bonchev–Trinajstić information content (AvgIpc) is 3.54. The molecule has 1 aliphatic rings. The molecule has 1 amide bonds. The predicted molar refractivity (Wildman–Crippen MR) is 117 cm³/mol. The van der Waals surface area contributed by atoms with Gasteiger partial charge in [0, 0.05) is 20.2 Å². The minimum atomic E-state index is -0.532. The molecule has 1 saturated carbocycles. The first-order valence-electron chi connectivity index (χ1n) is 9.56. The molecule has 0 saturated heterocycles. The molecule has 3 aromatic rings. The van der Waals surface area contributed by atoms with Gasteiger partial charge in [-0.25, -0.2) is 4.98 Å². The van der Waals surface area contributed by atoms with Crippen LogP contribution in [0, 0.1) is 13.8 Å². The van der Waals surface area contributed by atoms with Crippen molar-refractivity contribution in [3.8, 4) is 17.0 Å². The number of carbonyl (C=O) groups is 1. The van der Waals surface area contributed by atoms with Gasteiger partial charge in [-0.2, -0.15) is 0 Å². The van der Waals surface area contributed by atoms with E-state index >= 15 is 0 Å². The van der Waals surface area contributed by atoms with Gasteiger partial charge in [0.1, 0.15) is 11.6 Å². The zero-order valence-corrected chi connectivity index (χ0v) is 16.7. The third kappa shape index (κ3) is 3.53. The zero-order valence-electron chi connectivity index (χ0n) is 16.7. The Balaban J connectivity index is 0.00000171. The van der Waals surface area contributed by atoms with Crippen LogP contribution < -0.4 is 15.6 Å². The van der Waals surface area contributed by atoms with Crippen molar-refractivity contribution >= 4 is 11.7 Å². The van der Waals surface area contributed by atoms with Gasteiger partial charge in [-0.15, -0.1) is 0 Å². The van der Waals surface area contributed by atoms with E-state index in [0.717, 1.165) is 41.0 Å². The summed E-state index contributed by atoms with van der Waals surface area (Å²) in [7, 11) is 1.62. The van der Waals surface area contributed by atoms with E-state index in [1.807, 2.05) is 37.3 Å². The van der Waals surface area contributed by atoms with Crippen LogP contribution in [-0.2, 0) is 10.2 Å². The number of nitrogens with one attached hydrogen (secondary N) is 2. The summed E-state index contributed by atoms with van der Waals surface area (Å²) >= 11 is 0. The molecular weight excluding hydrogens is 366 g/mol. The molecule has 0 bridgehead atoms. The van der Waals surface area contributed by atoms with Gasteiger partial charge >= 0.3 is 0 Å². The standard InChI is InChI=1S/C23H23N3O3.2H2/c1-14-7-8-19(25-20(14)16-11-15(2)21(27)24-13-16)26-22(28)23(9-10-23)17-5-4-6-18(12-17)29-3;;/h4-8,11-13H,9-10H2,1-3H3,(H,24,27)(H,25,26,28);2*1H. The maximum absolute atomic E-state index is 13.1. The molecular formula is C23H27N3O3. The fourth-order valence-electron chi connectivity index (χ4n) is 3.55. The first-order valence-corrected chi connectivity index (χ1v) is 9.56. The van der Waals surface area contributed by atoms with Crippen molar-refractivity contribution in [3.05, 3.63) is 75.7 Å². The zero-order chi connectivity index (χ0) is 20.6. The van der Waals surface area contributed by atoms with Crippen molar-refractivity contribution in [2.75, 3.05) is 12.4 Å². The minimum absolute atomic E-state index is 0. The van der Waals surface area contributed by atoms with Crippen molar-refractivity contribution < 1.29 is 12.4 Å². The van der Waals surface area contributed by atoms with Crippen LogP contribution in [0.1, 0.15) is 32.4 Å². The first kappa shape index (κ1) is 18.9. The first-order chi connectivity index (χ1) is 13.9. The highest BCUT2D eigenvalue weighted by Crippen LogP contribution is 2.49. The van der Waals surface area contributed by atoms with Gasteiger partial charge in [-0.05, 0) is 62.1 Å². The van der Waals surface area contributed by atoms with Gasteiger partial charge in [-0.3, -0.25) is 9.59 Å². The highest BCUT2D eigenvalue weighted by Gasteiger charge is 2.51. The van der Waals surface area contributed by atoms with Crippen LogP contribution in [0.5, 0.6) is 5.75 Å². The monoisotopic (exact) mass is 393 g/mol. The van der Waals surface area contributed by atoms with E-state index in [2.05, 4.69) is 15.3 Å². The molecule has 29 heavy (non-hydrogen) atoms. The van der Waals surface area contributed by atoms with E-state index in [0.29, 0.717) is 11.4 Å². The lowest BCUT2D eigenvalue weighted by Gasteiger charge is -2.17. The maximum atomic E-state index is 13.1. The second kappa shape index (κ2) is 7.20. The van der Waals surface area contributed by atoms with E-state index in [1.165, 1.54) is 0 Å². The number of ether oxygens (including phenoxy) is 1. The van der Waals surface area contributed by atoms with Gasteiger partial charge in [0.2, 0.25) is 5.91 Å². The normalized spacial score (nSPS) is 14.3. The molecule has 0 atom stereocenters. The molecule has 2 aromatic heterocycles. The van der Waals surface area contributed by atoms with Crippen molar-refractivity contribution in [1.29, 1.82) is 0 Å². The summed E-state index contributed by atoms with van der Waals surface area (Å²) in [4.78, 5) is 32.1. The number of anilines is 1. The highest BCUT2D eigenvalue weighted by molar-refractivity contribution is 6.01. The Morgan fingerprint density at radius 1 is 1.17 bits per heavy atom. The van der Waals surface area contributed by atoms with E-state index in [4.69, 9.17) is 4.74 Å². The lowest BCUT2D eigenvalue weighted by Crippen LogP contribution is -2.28. The van der Waals surface area contributed by atoms with Crippen LogP contribution in [0.25, 0.3) is 11.3 Å². The number of nitrogens with zero attached hydrogens (tertiary/aromatic N) is 1. The summed E-state index contributed by atoms with van der Waals surface area (Å²) in [5.41, 5.74) is 3.42. The molecule has 0 radical (unpaired) electrons. The third-order valence-electron chi connectivity index (χ3n) is 5.51. The molecule has 1 aliphatic carbocycles. The molecule has 2 N–H and O–H groups in total. The van der Waals surface area contributed by atoms with Gasteiger partial charge in [-0.1, -0.05) is 18.2 Å². The number of aromatic amines is 1. The lowest BCUT2D eigenvalue weighted by molar-refractivity contribution is -0.118. The molecule has 6 heteroatoms. The quantitative estimate of drug-likeness (QED) is 0.680. The molecule has 0 unspecified atom stereocenters. The number of amides is 1. The van der Waals surface area contributed by atoms with Gasteiger partial charge in [0.05, 0.1) is 18.2 Å². The fourth-order valence-corrected chi connectivity index (χ4v) is 3.55. The largest absolute Gasteiger partial charge is 0.497 e. The Morgan fingerprint density at radius 3 is 2.66 bits per heavy atom. The van der Waals surface area contributed by atoms with E-state index in [1.54, 1.807) is 32.4 Å². The average molecular weight is 393 g/mol. The Morgan fingerprint density at radius 2 is 1.97 bits per heavy atom. The van der Waals surface area contributed by atoms with Crippen LogP contribution in [0.15, 0.2) is 53.5 Å². The number of benzene rings is 1. The second-order valence-electron chi connectivity index (χ2n) is 7.53. The number of pyridine rings is 2. The smallest absolute Gasteiger partial charge is 0.250 e. The van der Waals surface area contributed by atoms with Crippen molar-refractivity contribution in [3.63, 3.8) is 0 Å². The Hall–Kier alpha value is -3.41. The van der Waals surface area contributed by atoms with Crippen LogP contribution >= 0.6 is 0 Å². The molecule has 152 valence electrons. The molecule has 6 nitrogen and oxygen atoms in total. The second-order valence-corrected chi connectivity index (χ2v) is 7.53. The number of hydrogen-bond donors (Lipinski definition) is 2. The summed E-state index contributed by atoms with van der Waals surface area (Å²) in [6.07, 6.45) is 3.24. The summed E-state index contributed by atoms with van der Waals surface area (Å²) in [6.45, 7) is 3.71. The maximum Gasteiger partial charge on any atom is 0.250 e.